The van der Waals surface area contributed by atoms with Gasteiger partial charge in [0.2, 0.25) is 0 Å². The summed E-state index contributed by atoms with van der Waals surface area (Å²) in [6.07, 6.45) is 0. The molecule has 0 aliphatic carbocycles. The first-order valence-electron chi connectivity index (χ1n) is 7.48. The minimum Gasteiger partial charge on any atom is -0.336 e. The molecule has 0 fully saturated rings. The van der Waals surface area contributed by atoms with Crippen LogP contribution in [0.15, 0.2) is 87.5 Å². The van der Waals surface area contributed by atoms with Gasteiger partial charge in [-0.2, -0.15) is 0 Å². The van der Waals surface area contributed by atoms with Crippen LogP contribution in [0.1, 0.15) is 5.56 Å². The first-order valence-corrected chi connectivity index (χ1v) is 8.71. The number of fused-ring (bicyclic) bond motifs is 2. The van der Waals surface area contributed by atoms with Gasteiger partial charge in [-0.3, -0.25) is 0 Å². The Bertz CT molecular complexity index is 776. The molecule has 0 unspecified atom stereocenters. The Hall–Kier alpha value is -2.19. The molecule has 108 valence electrons. The van der Waals surface area contributed by atoms with Gasteiger partial charge in [-0.05, 0) is 43.3 Å². The molecular weight excluding hydrogens is 286 g/mol. The third kappa shape index (κ3) is 2.03. The standard InChI is InChI=1S/C20H18NS/c1-15-11-13-16(14-12-15)22-19-9-5-3-7-17(19)21(2)18-8-4-6-10-20(18)22/h3-14H,1-2H3/q+1. The van der Waals surface area contributed by atoms with Gasteiger partial charge in [0.05, 0.1) is 11.4 Å². The zero-order valence-corrected chi connectivity index (χ0v) is 13.6. The first kappa shape index (κ1) is 13.5. The van der Waals surface area contributed by atoms with Gasteiger partial charge in [-0.1, -0.05) is 42.0 Å². The summed E-state index contributed by atoms with van der Waals surface area (Å²) in [6.45, 7) is 2.14. The van der Waals surface area contributed by atoms with Crippen LogP contribution >= 0.6 is 0 Å². The van der Waals surface area contributed by atoms with Gasteiger partial charge in [0, 0.05) is 7.05 Å². The van der Waals surface area contributed by atoms with Gasteiger partial charge in [0.15, 0.2) is 14.7 Å². The van der Waals surface area contributed by atoms with Gasteiger partial charge in [0.1, 0.15) is 10.9 Å². The fraction of sp³-hybridized carbons (Fsp3) is 0.100. The van der Waals surface area contributed by atoms with Crippen molar-refractivity contribution < 1.29 is 0 Å². The van der Waals surface area contributed by atoms with Gasteiger partial charge >= 0.3 is 0 Å². The Morgan fingerprint density at radius 2 is 1.18 bits per heavy atom. The maximum Gasteiger partial charge on any atom is 0.190 e. The van der Waals surface area contributed by atoms with Crippen LogP contribution in [0.3, 0.4) is 0 Å². The van der Waals surface area contributed by atoms with Crippen molar-refractivity contribution in [2.24, 2.45) is 0 Å². The topological polar surface area (TPSA) is 3.24 Å². The van der Waals surface area contributed by atoms with E-state index in [9.17, 15) is 0 Å². The van der Waals surface area contributed by atoms with E-state index in [1.165, 1.54) is 31.6 Å². The molecule has 3 aromatic carbocycles. The lowest BCUT2D eigenvalue weighted by atomic mass is 10.2. The van der Waals surface area contributed by atoms with E-state index < -0.39 is 0 Å². The lowest BCUT2D eigenvalue weighted by molar-refractivity contribution is 1.10. The quantitative estimate of drug-likeness (QED) is 0.560. The number of nitrogens with zero attached hydrogens (tertiary/aromatic N) is 1. The third-order valence-corrected chi connectivity index (χ3v) is 6.46. The molecule has 0 saturated carbocycles. The molecule has 4 rings (SSSR count). The molecule has 0 saturated heterocycles. The predicted molar refractivity (Wildman–Crippen MR) is 94.3 cm³/mol. The van der Waals surface area contributed by atoms with Crippen LogP contribution in [0.5, 0.6) is 0 Å². The highest BCUT2D eigenvalue weighted by molar-refractivity contribution is 7.97. The smallest absolute Gasteiger partial charge is 0.190 e. The Kier molecular flexibility index (Phi) is 3.20. The Morgan fingerprint density at radius 3 is 1.73 bits per heavy atom. The van der Waals surface area contributed by atoms with Crippen LogP contribution in [0, 0.1) is 6.92 Å². The maximum atomic E-state index is 2.31. The van der Waals surface area contributed by atoms with Crippen molar-refractivity contribution in [2.45, 2.75) is 21.6 Å². The molecule has 0 atom stereocenters. The van der Waals surface area contributed by atoms with Crippen LogP contribution in [-0.4, -0.2) is 7.05 Å². The second-order valence-electron chi connectivity index (χ2n) is 5.61. The number of para-hydroxylation sites is 2. The highest BCUT2D eigenvalue weighted by atomic mass is 32.2. The van der Waals surface area contributed by atoms with Crippen molar-refractivity contribution in [3.8, 4) is 0 Å². The molecule has 1 aliphatic heterocycles. The summed E-state index contributed by atoms with van der Waals surface area (Å²) in [4.78, 5) is 6.52. The normalized spacial score (nSPS) is 13.6. The molecule has 1 aliphatic rings. The van der Waals surface area contributed by atoms with E-state index in [0.717, 1.165) is 0 Å². The van der Waals surface area contributed by atoms with Crippen LogP contribution in [0.4, 0.5) is 11.4 Å². The Morgan fingerprint density at radius 1 is 0.682 bits per heavy atom. The van der Waals surface area contributed by atoms with Gasteiger partial charge in [-0.25, -0.2) is 0 Å². The van der Waals surface area contributed by atoms with Crippen LogP contribution < -0.4 is 4.90 Å². The van der Waals surface area contributed by atoms with Crippen LogP contribution in [-0.2, 0) is 10.9 Å². The zero-order chi connectivity index (χ0) is 15.1. The molecule has 0 radical (unpaired) electrons. The van der Waals surface area contributed by atoms with Gasteiger partial charge in [-0.15, -0.1) is 0 Å². The minimum absolute atomic E-state index is 0.0285. The first-order chi connectivity index (χ1) is 10.8. The summed E-state index contributed by atoms with van der Waals surface area (Å²) >= 11 is 0. The molecule has 2 heteroatoms. The molecule has 0 bridgehead atoms. The highest BCUT2D eigenvalue weighted by Gasteiger charge is 2.39. The molecule has 0 aromatic heterocycles. The number of hydrogen-bond acceptors (Lipinski definition) is 1. The number of benzene rings is 3. The molecular formula is C20H18NS+. The van der Waals surface area contributed by atoms with E-state index in [1.54, 1.807) is 0 Å². The fourth-order valence-electron chi connectivity index (χ4n) is 2.99. The Labute approximate surface area is 134 Å². The average Bonchev–Trinajstić information content (AvgIpc) is 2.57. The predicted octanol–water partition coefficient (Wildman–Crippen LogP) is 5.17. The summed E-state index contributed by atoms with van der Waals surface area (Å²) < 4.78 is 0. The lowest BCUT2D eigenvalue weighted by Gasteiger charge is -2.28. The number of aryl methyl sites for hydroxylation is 1. The number of rotatable bonds is 1. The maximum absolute atomic E-state index is 2.31. The monoisotopic (exact) mass is 304 g/mol. The molecule has 3 aromatic rings. The molecule has 0 amide bonds. The van der Waals surface area contributed by atoms with Crippen molar-refractivity contribution in [1.82, 2.24) is 0 Å². The van der Waals surface area contributed by atoms with Crippen molar-refractivity contribution in [2.75, 3.05) is 11.9 Å². The molecule has 22 heavy (non-hydrogen) atoms. The summed E-state index contributed by atoms with van der Waals surface area (Å²) in [7, 11) is 2.13. The summed E-state index contributed by atoms with van der Waals surface area (Å²) in [6, 6.07) is 26.5. The zero-order valence-electron chi connectivity index (χ0n) is 12.8. The Balaban J connectivity index is 1.98. The van der Waals surface area contributed by atoms with E-state index in [-0.39, 0.29) is 10.9 Å². The van der Waals surface area contributed by atoms with E-state index in [4.69, 9.17) is 0 Å². The van der Waals surface area contributed by atoms with Gasteiger partial charge < -0.3 is 4.90 Å². The van der Waals surface area contributed by atoms with Gasteiger partial charge in [0.25, 0.3) is 0 Å². The van der Waals surface area contributed by atoms with Crippen molar-refractivity contribution in [1.29, 1.82) is 0 Å². The second kappa shape index (κ2) is 5.22. The molecule has 1 nitrogen and oxygen atoms in total. The van der Waals surface area contributed by atoms with E-state index in [2.05, 4.69) is 91.7 Å². The van der Waals surface area contributed by atoms with Crippen molar-refractivity contribution >= 4 is 22.3 Å². The van der Waals surface area contributed by atoms with Crippen molar-refractivity contribution in [3.63, 3.8) is 0 Å². The van der Waals surface area contributed by atoms with Crippen molar-refractivity contribution in [3.05, 3.63) is 78.4 Å². The van der Waals surface area contributed by atoms with Crippen LogP contribution in [0.25, 0.3) is 0 Å². The fourth-order valence-corrected chi connectivity index (χ4v) is 5.40. The third-order valence-electron chi connectivity index (χ3n) is 4.15. The SMILES string of the molecule is Cc1ccc([S+]2c3ccccc3N(C)c3ccccc32)cc1. The molecule has 0 spiro atoms. The van der Waals surface area contributed by atoms with E-state index in [1.807, 2.05) is 0 Å². The summed E-state index contributed by atoms with van der Waals surface area (Å²) in [5.41, 5.74) is 3.93. The summed E-state index contributed by atoms with van der Waals surface area (Å²) in [5.74, 6) is 0. The van der Waals surface area contributed by atoms with E-state index >= 15 is 0 Å². The lowest BCUT2D eigenvalue weighted by Crippen LogP contribution is -2.22. The molecule has 0 N–H and O–H groups in total. The molecule has 1 heterocycles. The number of anilines is 2. The highest BCUT2D eigenvalue weighted by Crippen LogP contribution is 2.46. The summed E-state index contributed by atoms with van der Waals surface area (Å²) in [5, 5.41) is 0. The largest absolute Gasteiger partial charge is 0.336 e. The van der Waals surface area contributed by atoms with Crippen LogP contribution in [0.2, 0.25) is 0 Å². The van der Waals surface area contributed by atoms with E-state index in [0.29, 0.717) is 0 Å². The number of hydrogen-bond donors (Lipinski definition) is 0. The second-order valence-corrected chi connectivity index (χ2v) is 7.58. The minimum atomic E-state index is -0.0285. The average molecular weight is 304 g/mol.